The van der Waals surface area contributed by atoms with E-state index >= 15 is 0 Å². The van der Waals surface area contributed by atoms with Gasteiger partial charge in [0.1, 0.15) is 6.04 Å². The Hall–Kier alpha value is -1.32. The van der Waals surface area contributed by atoms with E-state index in [9.17, 15) is 9.59 Å². The maximum Gasteiger partial charge on any atom is 0.326 e. The SMILES string of the molecule is C=CCCC[C@H](NC(=O)C(C)C)C(=O)O. The fourth-order valence-electron chi connectivity index (χ4n) is 1.06. The maximum absolute atomic E-state index is 11.3. The van der Waals surface area contributed by atoms with Crippen molar-refractivity contribution in [2.24, 2.45) is 5.92 Å². The first-order chi connectivity index (χ1) is 6.99. The molecule has 15 heavy (non-hydrogen) atoms. The quantitative estimate of drug-likeness (QED) is 0.498. The Morgan fingerprint density at radius 1 is 1.47 bits per heavy atom. The van der Waals surface area contributed by atoms with Gasteiger partial charge < -0.3 is 10.4 Å². The zero-order valence-electron chi connectivity index (χ0n) is 9.32. The van der Waals surface area contributed by atoms with E-state index in [1.165, 1.54) is 0 Å². The van der Waals surface area contributed by atoms with Gasteiger partial charge >= 0.3 is 5.97 Å². The Bertz CT molecular complexity index is 236. The van der Waals surface area contributed by atoms with Crippen LogP contribution in [0.2, 0.25) is 0 Å². The van der Waals surface area contributed by atoms with Crippen molar-refractivity contribution in [2.45, 2.75) is 39.2 Å². The van der Waals surface area contributed by atoms with Gasteiger partial charge in [0.25, 0.3) is 0 Å². The summed E-state index contributed by atoms with van der Waals surface area (Å²) in [6.45, 7) is 7.03. The van der Waals surface area contributed by atoms with Crippen LogP contribution in [0.25, 0.3) is 0 Å². The highest BCUT2D eigenvalue weighted by atomic mass is 16.4. The summed E-state index contributed by atoms with van der Waals surface area (Å²) in [5, 5.41) is 11.4. The maximum atomic E-state index is 11.3. The Morgan fingerprint density at radius 3 is 2.47 bits per heavy atom. The number of hydrogen-bond donors (Lipinski definition) is 2. The lowest BCUT2D eigenvalue weighted by Crippen LogP contribution is -2.42. The molecule has 1 amide bonds. The van der Waals surface area contributed by atoms with Crippen molar-refractivity contribution in [3.63, 3.8) is 0 Å². The zero-order chi connectivity index (χ0) is 11.8. The van der Waals surface area contributed by atoms with E-state index in [0.717, 1.165) is 12.8 Å². The van der Waals surface area contributed by atoms with Crippen LogP contribution in [0.5, 0.6) is 0 Å². The monoisotopic (exact) mass is 213 g/mol. The Labute approximate surface area is 90.4 Å². The predicted molar refractivity (Wildman–Crippen MR) is 58.5 cm³/mol. The molecule has 0 saturated heterocycles. The molecule has 1 atom stereocenters. The summed E-state index contributed by atoms with van der Waals surface area (Å²) in [6.07, 6.45) is 3.67. The molecule has 0 saturated carbocycles. The molecule has 0 aromatic heterocycles. The van der Waals surface area contributed by atoms with Crippen molar-refractivity contribution in [3.05, 3.63) is 12.7 Å². The minimum Gasteiger partial charge on any atom is -0.480 e. The van der Waals surface area contributed by atoms with Gasteiger partial charge in [-0.05, 0) is 19.3 Å². The minimum absolute atomic E-state index is 0.189. The van der Waals surface area contributed by atoms with Crippen molar-refractivity contribution in [2.75, 3.05) is 0 Å². The molecule has 0 aliphatic rings. The number of carboxylic acids is 1. The number of aliphatic carboxylic acids is 1. The Kier molecular flexibility index (Phi) is 6.42. The van der Waals surface area contributed by atoms with Crippen LogP contribution in [0.4, 0.5) is 0 Å². The van der Waals surface area contributed by atoms with Crippen molar-refractivity contribution >= 4 is 11.9 Å². The first-order valence-electron chi connectivity index (χ1n) is 5.13. The lowest BCUT2D eigenvalue weighted by atomic mass is 10.1. The predicted octanol–water partition coefficient (Wildman–Crippen LogP) is 1.57. The summed E-state index contributed by atoms with van der Waals surface area (Å²) >= 11 is 0. The topological polar surface area (TPSA) is 66.4 Å². The highest BCUT2D eigenvalue weighted by molar-refractivity contribution is 5.84. The minimum atomic E-state index is -0.979. The summed E-state index contributed by atoms with van der Waals surface area (Å²) in [5.74, 6) is -1.39. The molecule has 0 heterocycles. The number of hydrogen-bond acceptors (Lipinski definition) is 2. The molecule has 0 spiro atoms. The molecule has 0 aliphatic carbocycles. The van der Waals surface area contributed by atoms with E-state index in [-0.39, 0.29) is 11.8 Å². The van der Waals surface area contributed by atoms with Gasteiger partial charge in [0.2, 0.25) is 5.91 Å². The zero-order valence-corrected chi connectivity index (χ0v) is 9.32. The van der Waals surface area contributed by atoms with Gasteiger partial charge in [0.05, 0.1) is 0 Å². The molecule has 0 rings (SSSR count). The highest BCUT2D eigenvalue weighted by Crippen LogP contribution is 2.03. The standard InChI is InChI=1S/C11H19NO3/c1-4-5-6-7-9(11(14)15)12-10(13)8(2)3/h4,8-9H,1,5-7H2,2-3H3,(H,12,13)(H,14,15)/t9-/m0/s1. The summed E-state index contributed by atoms with van der Waals surface area (Å²) in [7, 11) is 0. The summed E-state index contributed by atoms with van der Waals surface area (Å²) in [6, 6.07) is -0.778. The van der Waals surface area contributed by atoms with E-state index in [1.54, 1.807) is 19.9 Å². The van der Waals surface area contributed by atoms with Crippen LogP contribution in [0.15, 0.2) is 12.7 Å². The van der Waals surface area contributed by atoms with Gasteiger partial charge in [0, 0.05) is 5.92 Å². The fraction of sp³-hybridized carbons (Fsp3) is 0.636. The third kappa shape index (κ3) is 5.88. The van der Waals surface area contributed by atoms with E-state index in [4.69, 9.17) is 5.11 Å². The van der Waals surface area contributed by atoms with Crippen molar-refractivity contribution in [3.8, 4) is 0 Å². The van der Waals surface area contributed by atoms with Gasteiger partial charge in [-0.15, -0.1) is 6.58 Å². The lowest BCUT2D eigenvalue weighted by molar-refractivity contribution is -0.142. The third-order valence-electron chi connectivity index (χ3n) is 2.04. The first kappa shape index (κ1) is 13.7. The largest absolute Gasteiger partial charge is 0.480 e. The average Bonchev–Trinajstić information content (AvgIpc) is 2.15. The van der Waals surface area contributed by atoms with Gasteiger partial charge in [-0.3, -0.25) is 4.79 Å². The third-order valence-corrected chi connectivity index (χ3v) is 2.04. The van der Waals surface area contributed by atoms with Gasteiger partial charge in [-0.2, -0.15) is 0 Å². The normalized spacial score (nSPS) is 12.2. The number of rotatable bonds is 7. The molecule has 0 aromatic carbocycles. The van der Waals surface area contributed by atoms with Crippen molar-refractivity contribution < 1.29 is 14.7 Å². The van der Waals surface area contributed by atoms with Gasteiger partial charge in [-0.1, -0.05) is 19.9 Å². The molecule has 0 aliphatic heterocycles. The molecule has 4 nitrogen and oxygen atoms in total. The van der Waals surface area contributed by atoms with E-state index in [0.29, 0.717) is 6.42 Å². The first-order valence-corrected chi connectivity index (χ1v) is 5.13. The lowest BCUT2D eigenvalue weighted by Gasteiger charge is -2.15. The van der Waals surface area contributed by atoms with Crippen LogP contribution < -0.4 is 5.32 Å². The molecular formula is C11H19NO3. The molecule has 0 radical (unpaired) electrons. The number of carbonyl (C=O) groups is 2. The van der Waals surface area contributed by atoms with Crippen LogP contribution in [0.1, 0.15) is 33.1 Å². The van der Waals surface area contributed by atoms with Gasteiger partial charge in [-0.25, -0.2) is 4.79 Å². The number of carbonyl (C=O) groups excluding carboxylic acids is 1. The van der Waals surface area contributed by atoms with E-state index in [2.05, 4.69) is 11.9 Å². The summed E-state index contributed by atoms with van der Waals surface area (Å²) in [4.78, 5) is 22.1. The second-order valence-corrected chi connectivity index (χ2v) is 3.77. The number of unbranched alkanes of at least 4 members (excludes halogenated alkanes) is 1. The van der Waals surface area contributed by atoms with E-state index in [1.807, 2.05) is 0 Å². The van der Waals surface area contributed by atoms with Crippen molar-refractivity contribution in [1.82, 2.24) is 5.32 Å². The molecule has 86 valence electrons. The molecule has 0 unspecified atom stereocenters. The van der Waals surface area contributed by atoms with Crippen LogP contribution in [0.3, 0.4) is 0 Å². The average molecular weight is 213 g/mol. The van der Waals surface area contributed by atoms with Crippen LogP contribution >= 0.6 is 0 Å². The fourth-order valence-corrected chi connectivity index (χ4v) is 1.06. The number of nitrogens with one attached hydrogen (secondary N) is 1. The molecular weight excluding hydrogens is 194 g/mol. The molecule has 0 bridgehead atoms. The molecule has 4 heteroatoms. The molecule has 2 N–H and O–H groups in total. The Morgan fingerprint density at radius 2 is 2.07 bits per heavy atom. The van der Waals surface area contributed by atoms with Crippen LogP contribution in [-0.2, 0) is 9.59 Å². The summed E-state index contributed by atoms with van der Waals surface area (Å²) < 4.78 is 0. The second kappa shape index (κ2) is 7.04. The molecule has 0 aromatic rings. The number of allylic oxidation sites excluding steroid dienone is 1. The highest BCUT2D eigenvalue weighted by Gasteiger charge is 2.20. The number of amides is 1. The smallest absolute Gasteiger partial charge is 0.326 e. The van der Waals surface area contributed by atoms with Crippen molar-refractivity contribution in [1.29, 1.82) is 0 Å². The van der Waals surface area contributed by atoms with Crippen LogP contribution in [-0.4, -0.2) is 23.0 Å². The Balaban J connectivity index is 4.10. The second-order valence-electron chi connectivity index (χ2n) is 3.77. The van der Waals surface area contributed by atoms with Gasteiger partial charge in [0.15, 0.2) is 0 Å². The number of carboxylic acid groups (broad SMARTS) is 1. The van der Waals surface area contributed by atoms with Crippen LogP contribution in [0, 0.1) is 5.92 Å². The van der Waals surface area contributed by atoms with E-state index < -0.39 is 12.0 Å². The molecule has 0 fully saturated rings. The summed E-state index contributed by atoms with van der Waals surface area (Å²) in [5.41, 5.74) is 0.